The van der Waals surface area contributed by atoms with Crippen molar-refractivity contribution in [1.82, 2.24) is 9.97 Å². The van der Waals surface area contributed by atoms with Crippen LogP contribution in [0.5, 0.6) is 0 Å². The predicted octanol–water partition coefficient (Wildman–Crippen LogP) is 2.23. The van der Waals surface area contributed by atoms with E-state index in [0.29, 0.717) is 0 Å². The quantitative estimate of drug-likeness (QED) is 0.636. The van der Waals surface area contributed by atoms with E-state index in [1.165, 1.54) is 11.8 Å². The van der Waals surface area contributed by atoms with Gasteiger partial charge in [-0.2, -0.15) is 0 Å². The van der Waals surface area contributed by atoms with E-state index in [9.17, 15) is 4.79 Å². The van der Waals surface area contributed by atoms with Gasteiger partial charge in [-0.15, -0.1) is 0 Å². The van der Waals surface area contributed by atoms with Crippen molar-refractivity contribution in [2.75, 3.05) is 0 Å². The topological polar surface area (TPSA) is 55.0 Å². The van der Waals surface area contributed by atoms with E-state index in [2.05, 4.69) is 9.97 Å². The third kappa shape index (κ3) is 4.38. The fourth-order valence-electron chi connectivity index (χ4n) is 0.916. The third-order valence-corrected chi connectivity index (χ3v) is 2.49. The van der Waals surface area contributed by atoms with Crippen LogP contribution >= 0.6 is 11.8 Å². The number of thioether (sulfide) groups is 1. The molecule has 0 aliphatic carbocycles. The second-order valence-corrected chi connectivity index (χ2v) is 5.52. The molecule has 1 unspecified atom stereocenters. The SMILES string of the molecule is CC(Sc1ncc[nH]1)C(=O)OC(C)(C)C. The Kier molecular flexibility index (Phi) is 3.79. The summed E-state index contributed by atoms with van der Waals surface area (Å²) in [6, 6.07) is 0. The molecular formula is C10H16N2O2S. The summed E-state index contributed by atoms with van der Waals surface area (Å²) in [6.45, 7) is 7.38. The summed E-state index contributed by atoms with van der Waals surface area (Å²) in [5, 5.41) is 0.476. The molecule has 1 aromatic heterocycles. The highest BCUT2D eigenvalue weighted by Crippen LogP contribution is 2.21. The van der Waals surface area contributed by atoms with Crippen LogP contribution in [0.4, 0.5) is 0 Å². The van der Waals surface area contributed by atoms with E-state index in [1.807, 2.05) is 20.8 Å². The molecule has 0 fully saturated rings. The average Bonchev–Trinajstić information content (AvgIpc) is 2.53. The molecule has 1 atom stereocenters. The highest BCUT2D eigenvalue weighted by molar-refractivity contribution is 8.00. The van der Waals surface area contributed by atoms with Crippen molar-refractivity contribution >= 4 is 17.7 Å². The van der Waals surface area contributed by atoms with Gasteiger partial charge in [-0.3, -0.25) is 4.79 Å². The van der Waals surface area contributed by atoms with Gasteiger partial charge in [0.25, 0.3) is 0 Å². The number of carbonyl (C=O) groups excluding carboxylic acids is 1. The zero-order valence-electron chi connectivity index (χ0n) is 9.40. The minimum atomic E-state index is -0.435. The van der Waals surface area contributed by atoms with Gasteiger partial charge in [-0.25, -0.2) is 4.98 Å². The molecule has 1 rings (SSSR count). The maximum absolute atomic E-state index is 11.6. The highest BCUT2D eigenvalue weighted by atomic mass is 32.2. The van der Waals surface area contributed by atoms with Gasteiger partial charge in [0.2, 0.25) is 0 Å². The Morgan fingerprint density at radius 2 is 2.27 bits per heavy atom. The number of imidazole rings is 1. The number of hydrogen-bond donors (Lipinski definition) is 1. The van der Waals surface area contributed by atoms with Crippen LogP contribution < -0.4 is 0 Å². The summed E-state index contributed by atoms with van der Waals surface area (Å²) in [5.41, 5.74) is -0.435. The smallest absolute Gasteiger partial charge is 0.319 e. The number of ether oxygens (including phenoxy) is 1. The van der Waals surface area contributed by atoms with Gasteiger partial charge < -0.3 is 9.72 Å². The Bertz CT molecular complexity index is 317. The van der Waals surface area contributed by atoms with Crippen molar-refractivity contribution in [1.29, 1.82) is 0 Å². The second-order valence-electron chi connectivity index (χ2n) is 4.19. The Hall–Kier alpha value is -0.970. The minimum absolute atomic E-state index is 0.219. The summed E-state index contributed by atoms with van der Waals surface area (Å²) < 4.78 is 5.25. The van der Waals surface area contributed by atoms with Gasteiger partial charge in [0, 0.05) is 12.4 Å². The molecule has 0 spiro atoms. The number of nitrogens with one attached hydrogen (secondary N) is 1. The summed E-state index contributed by atoms with van der Waals surface area (Å²) in [7, 11) is 0. The lowest BCUT2D eigenvalue weighted by atomic mass is 10.2. The van der Waals surface area contributed by atoms with Gasteiger partial charge in [-0.1, -0.05) is 11.8 Å². The number of carbonyl (C=O) groups is 1. The number of aromatic amines is 1. The van der Waals surface area contributed by atoms with Crippen LogP contribution in [0.3, 0.4) is 0 Å². The van der Waals surface area contributed by atoms with E-state index >= 15 is 0 Å². The number of H-pyrrole nitrogens is 1. The molecular weight excluding hydrogens is 212 g/mol. The minimum Gasteiger partial charge on any atom is -0.459 e. The van der Waals surface area contributed by atoms with E-state index in [1.54, 1.807) is 19.3 Å². The predicted molar refractivity (Wildman–Crippen MR) is 59.8 cm³/mol. The number of hydrogen-bond acceptors (Lipinski definition) is 4. The third-order valence-electron chi connectivity index (χ3n) is 1.50. The Labute approximate surface area is 93.8 Å². The van der Waals surface area contributed by atoms with Crippen molar-refractivity contribution < 1.29 is 9.53 Å². The van der Waals surface area contributed by atoms with Gasteiger partial charge in [0.15, 0.2) is 5.16 Å². The zero-order valence-corrected chi connectivity index (χ0v) is 10.2. The Morgan fingerprint density at radius 3 is 2.73 bits per heavy atom. The maximum atomic E-state index is 11.6. The van der Waals surface area contributed by atoms with Gasteiger partial charge in [-0.05, 0) is 27.7 Å². The van der Waals surface area contributed by atoms with E-state index in [0.717, 1.165) is 5.16 Å². The molecule has 84 valence electrons. The maximum Gasteiger partial charge on any atom is 0.319 e. The second kappa shape index (κ2) is 4.70. The molecule has 0 aliphatic rings. The molecule has 1 aromatic rings. The van der Waals surface area contributed by atoms with Crippen molar-refractivity contribution in [3.63, 3.8) is 0 Å². The number of nitrogens with zero attached hydrogens (tertiary/aromatic N) is 1. The summed E-state index contributed by atoms with van der Waals surface area (Å²) in [6.07, 6.45) is 3.38. The largest absolute Gasteiger partial charge is 0.459 e. The molecule has 1 N–H and O–H groups in total. The monoisotopic (exact) mass is 228 g/mol. The summed E-state index contributed by atoms with van der Waals surface area (Å²) >= 11 is 1.36. The van der Waals surface area contributed by atoms with Crippen LogP contribution in [0.25, 0.3) is 0 Å². The average molecular weight is 228 g/mol. The molecule has 1 heterocycles. The summed E-state index contributed by atoms with van der Waals surface area (Å²) in [5.74, 6) is -0.219. The fraction of sp³-hybridized carbons (Fsp3) is 0.600. The van der Waals surface area contributed by atoms with Crippen LogP contribution in [-0.4, -0.2) is 26.8 Å². The molecule has 0 saturated heterocycles. The van der Waals surface area contributed by atoms with Crippen molar-refractivity contribution in [2.45, 2.75) is 43.7 Å². The van der Waals surface area contributed by atoms with Crippen molar-refractivity contribution in [2.24, 2.45) is 0 Å². The van der Waals surface area contributed by atoms with Crippen LogP contribution in [0, 0.1) is 0 Å². The fourth-order valence-corrected chi connectivity index (χ4v) is 1.65. The molecule has 0 amide bonds. The van der Waals surface area contributed by atoms with Crippen LogP contribution in [0.15, 0.2) is 17.6 Å². The standard InChI is InChI=1S/C10H16N2O2S/c1-7(8(13)14-10(2,3)4)15-9-11-5-6-12-9/h5-7H,1-4H3,(H,11,12). The first kappa shape index (κ1) is 12.1. The number of aromatic nitrogens is 2. The first-order valence-corrected chi connectivity index (χ1v) is 5.65. The lowest BCUT2D eigenvalue weighted by Gasteiger charge is -2.21. The first-order valence-electron chi connectivity index (χ1n) is 4.77. The molecule has 0 bridgehead atoms. The van der Waals surface area contributed by atoms with Gasteiger partial charge in [0.05, 0.1) is 0 Å². The van der Waals surface area contributed by atoms with Gasteiger partial charge in [0.1, 0.15) is 10.9 Å². The van der Waals surface area contributed by atoms with E-state index in [-0.39, 0.29) is 11.2 Å². The van der Waals surface area contributed by atoms with Gasteiger partial charge >= 0.3 is 5.97 Å². The first-order chi connectivity index (χ1) is 6.88. The lowest BCUT2D eigenvalue weighted by molar-refractivity contribution is -0.153. The highest BCUT2D eigenvalue weighted by Gasteiger charge is 2.22. The van der Waals surface area contributed by atoms with Crippen molar-refractivity contribution in [3.05, 3.63) is 12.4 Å². The molecule has 0 aromatic carbocycles. The van der Waals surface area contributed by atoms with Crippen LogP contribution in [0.2, 0.25) is 0 Å². The zero-order chi connectivity index (χ0) is 11.5. The molecule has 0 radical (unpaired) electrons. The van der Waals surface area contributed by atoms with Crippen molar-refractivity contribution in [3.8, 4) is 0 Å². The Morgan fingerprint density at radius 1 is 1.60 bits per heavy atom. The number of rotatable bonds is 3. The lowest BCUT2D eigenvalue weighted by Crippen LogP contribution is -2.28. The Balaban J connectivity index is 2.47. The van der Waals surface area contributed by atoms with Crippen LogP contribution in [-0.2, 0) is 9.53 Å². The normalized spacial score (nSPS) is 13.6. The van der Waals surface area contributed by atoms with E-state index in [4.69, 9.17) is 4.74 Å². The molecule has 15 heavy (non-hydrogen) atoms. The molecule has 0 saturated carbocycles. The molecule has 5 heteroatoms. The summed E-state index contributed by atoms with van der Waals surface area (Å²) in [4.78, 5) is 18.6. The van der Waals surface area contributed by atoms with E-state index < -0.39 is 5.60 Å². The number of esters is 1. The molecule has 4 nitrogen and oxygen atoms in total. The molecule has 0 aliphatic heterocycles. The van der Waals surface area contributed by atoms with Crippen LogP contribution in [0.1, 0.15) is 27.7 Å².